The molecule has 7 heteroatoms. The molecule has 0 spiro atoms. The van der Waals surface area contributed by atoms with Crippen LogP contribution in [0.2, 0.25) is 0 Å². The first-order valence-electron chi connectivity index (χ1n) is 10.1. The molecule has 0 aliphatic carbocycles. The van der Waals surface area contributed by atoms with Crippen LogP contribution in [0.1, 0.15) is 36.2 Å². The van der Waals surface area contributed by atoms with Gasteiger partial charge in [0.2, 0.25) is 11.8 Å². The molecule has 1 aromatic heterocycles. The SMILES string of the molecule is CCOc1ccccc1Oc1ccc(CNC(=O)c2cccc(NC(=O)CC)c2)cn1. The first-order chi connectivity index (χ1) is 15.1. The summed E-state index contributed by atoms with van der Waals surface area (Å²) >= 11 is 0. The van der Waals surface area contributed by atoms with E-state index in [1.54, 1.807) is 43.5 Å². The van der Waals surface area contributed by atoms with E-state index in [1.165, 1.54) is 0 Å². The van der Waals surface area contributed by atoms with Crippen molar-refractivity contribution in [1.29, 1.82) is 0 Å². The molecule has 3 aromatic rings. The standard InChI is InChI=1S/C24H25N3O4/c1-3-22(28)27-19-9-7-8-18(14-19)24(29)26-16-17-12-13-23(25-15-17)31-21-11-6-5-10-20(21)30-4-2/h5-15H,3-4,16H2,1-2H3,(H,26,29)(H,27,28). The molecule has 2 aromatic carbocycles. The highest BCUT2D eigenvalue weighted by atomic mass is 16.5. The van der Waals surface area contributed by atoms with E-state index in [0.717, 1.165) is 5.56 Å². The molecule has 3 rings (SSSR count). The minimum absolute atomic E-state index is 0.102. The molecule has 0 aliphatic rings. The van der Waals surface area contributed by atoms with Gasteiger partial charge < -0.3 is 20.1 Å². The maximum absolute atomic E-state index is 12.4. The van der Waals surface area contributed by atoms with Crippen molar-refractivity contribution in [2.24, 2.45) is 0 Å². The molecule has 0 radical (unpaired) electrons. The first-order valence-corrected chi connectivity index (χ1v) is 10.1. The van der Waals surface area contributed by atoms with E-state index in [1.807, 2.05) is 37.3 Å². The zero-order chi connectivity index (χ0) is 22.1. The molecule has 0 atom stereocenters. The Bertz CT molecular complexity index is 1040. The highest BCUT2D eigenvalue weighted by molar-refractivity contribution is 5.97. The zero-order valence-corrected chi connectivity index (χ0v) is 17.6. The van der Waals surface area contributed by atoms with Crippen molar-refractivity contribution in [1.82, 2.24) is 10.3 Å². The Morgan fingerprint density at radius 3 is 2.48 bits per heavy atom. The van der Waals surface area contributed by atoms with Crippen LogP contribution < -0.4 is 20.1 Å². The third-order valence-electron chi connectivity index (χ3n) is 4.34. The Morgan fingerprint density at radius 2 is 1.77 bits per heavy atom. The molecular formula is C24H25N3O4. The van der Waals surface area contributed by atoms with Gasteiger partial charge in [0.15, 0.2) is 11.5 Å². The van der Waals surface area contributed by atoms with Crippen LogP contribution in [0.25, 0.3) is 0 Å². The number of carbonyl (C=O) groups is 2. The number of rotatable bonds is 9. The monoisotopic (exact) mass is 419 g/mol. The number of amides is 2. The van der Waals surface area contributed by atoms with E-state index in [2.05, 4.69) is 15.6 Å². The first kappa shape index (κ1) is 21.8. The van der Waals surface area contributed by atoms with Gasteiger partial charge in [-0.2, -0.15) is 0 Å². The summed E-state index contributed by atoms with van der Waals surface area (Å²) in [6.07, 6.45) is 2.02. The number of benzene rings is 2. The Labute approximate surface area is 181 Å². The summed E-state index contributed by atoms with van der Waals surface area (Å²) in [5.41, 5.74) is 1.89. The zero-order valence-electron chi connectivity index (χ0n) is 17.6. The Kier molecular flexibility index (Phi) is 7.59. The smallest absolute Gasteiger partial charge is 0.251 e. The number of nitrogens with zero attached hydrogens (tertiary/aromatic N) is 1. The van der Waals surface area contributed by atoms with Gasteiger partial charge in [-0.1, -0.05) is 31.2 Å². The summed E-state index contributed by atoms with van der Waals surface area (Å²) in [7, 11) is 0. The highest BCUT2D eigenvalue weighted by Crippen LogP contribution is 2.30. The maximum Gasteiger partial charge on any atom is 0.251 e. The van der Waals surface area contributed by atoms with Crippen molar-refractivity contribution in [2.45, 2.75) is 26.8 Å². The molecule has 31 heavy (non-hydrogen) atoms. The normalized spacial score (nSPS) is 10.3. The van der Waals surface area contributed by atoms with E-state index >= 15 is 0 Å². The Morgan fingerprint density at radius 1 is 0.968 bits per heavy atom. The molecule has 0 aliphatic heterocycles. The average molecular weight is 419 g/mol. The number of hydrogen-bond donors (Lipinski definition) is 2. The second-order valence-corrected chi connectivity index (χ2v) is 6.65. The van der Waals surface area contributed by atoms with Crippen LogP contribution >= 0.6 is 0 Å². The average Bonchev–Trinajstić information content (AvgIpc) is 2.80. The number of pyridine rings is 1. The molecule has 1 heterocycles. The van der Waals surface area contributed by atoms with Crippen molar-refractivity contribution < 1.29 is 19.1 Å². The largest absolute Gasteiger partial charge is 0.490 e. The molecule has 2 N–H and O–H groups in total. The fraction of sp³-hybridized carbons (Fsp3) is 0.208. The number of ether oxygens (including phenoxy) is 2. The van der Waals surface area contributed by atoms with Crippen molar-refractivity contribution in [3.8, 4) is 17.4 Å². The van der Waals surface area contributed by atoms with Gasteiger partial charge in [-0.25, -0.2) is 4.98 Å². The van der Waals surface area contributed by atoms with Crippen LogP contribution in [-0.4, -0.2) is 23.4 Å². The van der Waals surface area contributed by atoms with Gasteiger partial charge in [-0.05, 0) is 42.8 Å². The lowest BCUT2D eigenvalue weighted by molar-refractivity contribution is -0.115. The molecule has 7 nitrogen and oxygen atoms in total. The molecule has 0 saturated carbocycles. The highest BCUT2D eigenvalue weighted by Gasteiger charge is 2.09. The van der Waals surface area contributed by atoms with Gasteiger partial charge in [0.25, 0.3) is 5.91 Å². The third-order valence-corrected chi connectivity index (χ3v) is 4.34. The van der Waals surface area contributed by atoms with Crippen molar-refractivity contribution in [3.63, 3.8) is 0 Å². The number of aromatic nitrogens is 1. The lowest BCUT2D eigenvalue weighted by Gasteiger charge is -2.11. The van der Waals surface area contributed by atoms with Crippen LogP contribution in [-0.2, 0) is 11.3 Å². The van der Waals surface area contributed by atoms with E-state index in [-0.39, 0.29) is 11.8 Å². The topological polar surface area (TPSA) is 89.5 Å². The van der Waals surface area contributed by atoms with Gasteiger partial charge in [0.05, 0.1) is 6.61 Å². The fourth-order valence-corrected chi connectivity index (χ4v) is 2.77. The van der Waals surface area contributed by atoms with E-state index < -0.39 is 0 Å². The summed E-state index contributed by atoms with van der Waals surface area (Å²) in [5.74, 6) is 1.34. The Balaban J connectivity index is 1.58. The van der Waals surface area contributed by atoms with E-state index in [0.29, 0.717) is 48.2 Å². The molecule has 0 unspecified atom stereocenters. The van der Waals surface area contributed by atoms with E-state index in [9.17, 15) is 9.59 Å². The quantitative estimate of drug-likeness (QED) is 0.531. The minimum atomic E-state index is -0.237. The maximum atomic E-state index is 12.4. The second kappa shape index (κ2) is 10.8. The number of anilines is 1. The van der Waals surface area contributed by atoms with Gasteiger partial charge >= 0.3 is 0 Å². The molecule has 2 amide bonds. The van der Waals surface area contributed by atoms with Gasteiger partial charge in [0, 0.05) is 36.5 Å². The van der Waals surface area contributed by atoms with Gasteiger partial charge in [0.1, 0.15) is 0 Å². The number of para-hydroxylation sites is 2. The third kappa shape index (κ3) is 6.30. The summed E-state index contributed by atoms with van der Waals surface area (Å²) in [4.78, 5) is 28.3. The molecule has 160 valence electrons. The summed E-state index contributed by atoms with van der Waals surface area (Å²) in [5, 5.41) is 5.60. The Hall–Kier alpha value is -3.87. The minimum Gasteiger partial charge on any atom is -0.490 e. The summed E-state index contributed by atoms with van der Waals surface area (Å²) < 4.78 is 11.4. The van der Waals surface area contributed by atoms with Crippen LogP contribution in [0.15, 0.2) is 66.9 Å². The van der Waals surface area contributed by atoms with Crippen LogP contribution in [0.5, 0.6) is 17.4 Å². The summed E-state index contributed by atoms with van der Waals surface area (Å²) in [6, 6.07) is 17.8. The van der Waals surface area contributed by atoms with Gasteiger partial charge in [-0.3, -0.25) is 9.59 Å². The summed E-state index contributed by atoms with van der Waals surface area (Å²) in [6.45, 7) is 4.54. The molecule has 0 fully saturated rings. The molecule has 0 saturated heterocycles. The van der Waals surface area contributed by atoms with Crippen molar-refractivity contribution in [2.75, 3.05) is 11.9 Å². The van der Waals surface area contributed by atoms with Crippen LogP contribution in [0.3, 0.4) is 0 Å². The van der Waals surface area contributed by atoms with Crippen LogP contribution in [0.4, 0.5) is 5.69 Å². The predicted octanol–water partition coefficient (Wildman–Crippen LogP) is 4.55. The van der Waals surface area contributed by atoms with Crippen molar-refractivity contribution >= 4 is 17.5 Å². The number of nitrogens with one attached hydrogen (secondary N) is 2. The predicted molar refractivity (Wildman–Crippen MR) is 118 cm³/mol. The lowest BCUT2D eigenvalue weighted by atomic mass is 10.1. The van der Waals surface area contributed by atoms with Crippen LogP contribution in [0, 0.1) is 0 Å². The van der Waals surface area contributed by atoms with Gasteiger partial charge in [-0.15, -0.1) is 0 Å². The lowest BCUT2D eigenvalue weighted by Crippen LogP contribution is -2.23. The molecule has 0 bridgehead atoms. The van der Waals surface area contributed by atoms with Crippen molar-refractivity contribution in [3.05, 3.63) is 78.0 Å². The number of hydrogen-bond acceptors (Lipinski definition) is 5. The number of carbonyl (C=O) groups excluding carboxylic acids is 2. The fourth-order valence-electron chi connectivity index (χ4n) is 2.77. The molecular weight excluding hydrogens is 394 g/mol. The second-order valence-electron chi connectivity index (χ2n) is 6.65. The van der Waals surface area contributed by atoms with E-state index in [4.69, 9.17) is 9.47 Å².